The average molecular weight is 454 g/mol. The fourth-order valence-electron chi connectivity index (χ4n) is 4.33. The molecule has 1 aliphatic carbocycles. The lowest BCUT2D eigenvalue weighted by molar-refractivity contribution is -0.137. The van der Waals surface area contributed by atoms with Gasteiger partial charge < -0.3 is 4.90 Å². The SMILES string of the molecule is CCCCCn1nc(C(=O)NNC(=O)C2CCCN(C(=O)C3CC3)C2)c2ccccc2c1=O. The number of carbonyl (C=O) groups is 3. The van der Waals surface area contributed by atoms with Gasteiger partial charge in [-0.15, -0.1) is 0 Å². The molecule has 1 saturated heterocycles. The number of carbonyl (C=O) groups excluding carboxylic acids is 3. The Morgan fingerprint density at radius 2 is 1.79 bits per heavy atom. The van der Waals surface area contributed by atoms with E-state index in [4.69, 9.17) is 0 Å². The Morgan fingerprint density at radius 3 is 2.52 bits per heavy atom. The number of hydrogen-bond acceptors (Lipinski definition) is 5. The number of amides is 3. The number of nitrogens with zero attached hydrogens (tertiary/aromatic N) is 3. The minimum absolute atomic E-state index is 0.0937. The van der Waals surface area contributed by atoms with Crippen LogP contribution < -0.4 is 16.4 Å². The summed E-state index contributed by atoms with van der Waals surface area (Å²) in [5.41, 5.74) is 4.83. The van der Waals surface area contributed by atoms with Crippen LogP contribution in [-0.4, -0.2) is 45.5 Å². The Kier molecular flexibility index (Phi) is 7.05. The third-order valence-electron chi connectivity index (χ3n) is 6.39. The van der Waals surface area contributed by atoms with Gasteiger partial charge in [0.2, 0.25) is 11.8 Å². The summed E-state index contributed by atoms with van der Waals surface area (Å²) in [6.45, 7) is 3.56. The fraction of sp³-hybridized carbons (Fsp3) is 0.542. The summed E-state index contributed by atoms with van der Waals surface area (Å²) in [4.78, 5) is 52.5. The molecule has 2 fully saturated rings. The number of piperidine rings is 1. The van der Waals surface area contributed by atoms with Gasteiger partial charge in [0.25, 0.3) is 11.5 Å². The number of hydrogen-bond donors (Lipinski definition) is 2. The number of likely N-dealkylation sites (tertiary alicyclic amines) is 1. The molecule has 9 heteroatoms. The first-order valence-corrected chi connectivity index (χ1v) is 11.9. The molecule has 176 valence electrons. The molecule has 3 amide bonds. The minimum Gasteiger partial charge on any atom is -0.342 e. The number of benzene rings is 1. The highest BCUT2D eigenvalue weighted by Gasteiger charge is 2.36. The maximum Gasteiger partial charge on any atom is 0.290 e. The molecule has 1 aromatic carbocycles. The van der Waals surface area contributed by atoms with Crippen LogP contribution >= 0.6 is 0 Å². The van der Waals surface area contributed by atoms with Gasteiger partial charge in [0.15, 0.2) is 5.69 Å². The standard InChI is InChI=1S/C24H31N5O4/c1-2-3-6-14-29-24(33)19-10-5-4-9-18(19)20(27-29)22(31)26-25-21(30)17-8-7-13-28(15-17)23(32)16-11-12-16/h4-5,9-10,16-17H,2-3,6-8,11-15H2,1H3,(H,25,30)(H,26,31). The number of nitrogens with one attached hydrogen (secondary N) is 2. The first-order chi connectivity index (χ1) is 16.0. The molecule has 1 aromatic heterocycles. The molecule has 1 unspecified atom stereocenters. The molecule has 4 rings (SSSR count). The van der Waals surface area contributed by atoms with Crippen LogP contribution in [0.5, 0.6) is 0 Å². The number of aromatic nitrogens is 2. The van der Waals surface area contributed by atoms with Crippen molar-refractivity contribution in [2.45, 2.75) is 58.4 Å². The third kappa shape index (κ3) is 5.23. The largest absolute Gasteiger partial charge is 0.342 e. The molecule has 0 spiro atoms. The Bertz CT molecular complexity index is 1110. The fourth-order valence-corrected chi connectivity index (χ4v) is 4.33. The number of unbranched alkanes of at least 4 members (excludes halogenated alkanes) is 2. The minimum atomic E-state index is -0.578. The summed E-state index contributed by atoms with van der Waals surface area (Å²) in [5, 5.41) is 5.17. The van der Waals surface area contributed by atoms with Crippen LogP contribution in [0.4, 0.5) is 0 Å². The van der Waals surface area contributed by atoms with Gasteiger partial charge in [-0.1, -0.05) is 38.0 Å². The lowest BCUT2D eigenvalue weighted by Gasteiger charge is -2.32. The van der Waals surface area contributed by atoms with Crippen LogP contribution in [-0.2, 0) is 16.1 Å². The summed E-state index contributed by atoms with van der Waals surface area (Å²) in [6.07, 6.45) is 6.05. The van der Waals surface area contributed by atoms with E-state index in [1.165, 1.54) is 4.68 Å². The van der Waals surface area contributed by atoms with Crippen molar-refractivity contribution in [1.82, 2.24) is 25.5 Å². The van der Waals surface area contributed by atoms with Crippen molar-refractivity contribution in [1.29, 1.82) is 0 Å². The second kappa shape index (κ2) is 10.1. The van der Waals surface area contributed by atoms with Crippen LogP contribution in [0, 0.1) is 11.8 Å². The molecule has 2 heterocycles. The molecule has 0 bridgehead atoms. The van der Waals surface area contributed by atoms with Crippen LogP contribution in [0.2, 0.25) is 0 Å². The molecule has 1 atom stereocenters. The molecule has 9 nitrogen and oxygen atoms in total. The Hall–Kier alpha value is -3.23. The zero-order chi connectivity index (χ0) is 23.4. The highest BCUT2D eigenvalue weighted by Crippen LogP contribution is 2.32. The topological polar surface area (TPSA) is 113 Å². The maximum atomic E-state index is 12.9. The van der Waals surface area contributed by atoms with E-state index in [0.29, 0.717) is 36.8 Å². The van der Waals surface area contributed by atoms with Crippen LogP contribution in [0.25, 0.3) is 10.8 Å². The summed E-state index contributed by atoms with van der Waals surface area (Å²) < 4.78 is 1.33. The monoisotopic (exact) mass is 453 g/mol. The first-order valence-electron chi connectivity index (χ1n) is 11.9. The predicted octanol–water partition coefficient (Wildman–Crippen LogP) is 2.00. The Morgan fingerprint density at radius 1 is 1.03 bits per heavy atom. The Labute approximate surface area is 192 Å². The predicted molar refractivity (Wildman–Crippen MR) is 123 cm³/mol. The van der Waals surface area contributed by atoms with E-state index in [2.05, 4.69) is 22.9 Å². The third-order valence-corrected chi connectivity index (χ3v) is 6.39. The molecule has 0 radical (unpaired) electrons. The van der Waals surface area contributed by atoms with Crippen molar-refractivity contribution in [3.63, 3.8) is 0 Å². The Balaban J connectivity index is 1.44. The van der Waals surface area contributed by atoms with E-state index >= 15 is 0 Å². The van der Waals surface area contributed by atoms with Gasteiger partial charge in [-0.05, 0) is 38.2 Å². The highest BCUT2D eigenvalue weighted by molar-refractivity contribution is 6.05. The molecule has 1 saturated carbocycles. The second-order valence-electron chi connectivity index (χ2n) is 8.97. The van der Waals surface area contributed by atoms with Crippen LogP contribution in [0.15, 0.2) is 29.1 Å². The summed E-state index contributed by atoms with van der Waals surface area (Å²) in [6, 6.07) is 6.85. The number of rotatable bonds is 7. The first kappa shape index (κ1) is 22.9. The quantitative estimate of drug-likeness (QED) is 0.492. The summed E-state index contributed by atoms with van der Waals surface area (Å²) in [5.74, 6) is -1.01. The van der Waals surface area contributed by atoms with Gasteiger partial charge in [-0.25, -0.2) is 4.68 Å². The molecule has 2 aliphatic rings. The molecular weight excluding hydrogens is 422 g/mol. The number of hydrazine groups is 1. The van der Waals surface area contributed by atoms with Gasteiger partial charge in [0.1, 0.15) is 0 Å². The van der Waals surface area contributed by atoms with Gasteiger partial charge in [-0.3, -0.25) is 30.0 Å². The lowest BCUT2D eigenvalue weighted by Crippen LogP contribution is -2.50. The second-order valence-corrected chi connectivity index (χ2v) is 8.97. The highest BCUT2D eigenvalue weighted by atomic mass is 16.2. The molecule has 1 aliphatic heterocycles. The van der Waals surface area contributed by atoms with Crippen molar-refractivity contribution in [2.75, 3.05) is 13.1 Å². The van der Waals surface area contributed by atoms with E-state index in [1.807, 2.05) is 0 Å². The van der Waals surface area contributed by atoms with Crippen LogP contribution in [0.3, 0.4) is 0 Å². The van der Waals surface area contributed by atoms with Crippen molar-refractivity contribution < 1.29 is 14.4 Å². The van der Waals surface area contributed by atoms with E-state index in [1.54, 1.807) is 29.2 Å². The van der Waals surface area contributed by atoms with E-state index in [-0.39, 0.29) is 34.9 Å². The normalized spacial score (nSPS) is 18.2. The van der Waals surface area contributed by atoms with Crippen LogP contribution in [0.1, 0.15) is 62.4 Å². The van der Waals surface area contributed by atoms with Crippen molar-refractivity contribution >= 4 is 28.5 Å². The lowest BCUT2D eigenvalue weighted by atomic mass is 9.97. The average Bonchev–Trinajstić information content (AvgIpc) is 3.69. The zero-order valence-corrected chi connectivity index (χ0v) is 19.0. The summed E-state index contributed by atoms with van der Waals surface area (Å²) >= 11 is 0. The van der Waals surface area contributed by atoms with Crippen molar-refractivity contribution in [3.8, 4) is 0 Å². The zero-order valence-electron chi connectivity index (χ0n) is 19.0. The maximum absolute atomic E-state index is 12.9. The van der Waals surface area contributed by atoms with Gasteiger partial charge in [0, 0.05) is 30.9 Å². The molecule has 33 heavy (non-hydrogen) atoms. The van der Waals surface area contributed by atoms with Crippen molar-refractivity contribution in [2.24, 2.45) is 11.8 Å². The molecule has 2 aromatic rings. The number of aryl methyl sites for hydroxylation is 1. The van der Waals surface area contributed by atoms with E-state index in [0.717, 1.165) is 38.5 Å². The number of fused-ring (bicyclic) bond motifs is 1. The molecular formula is C24H31N5O4. The smallest absolute Gasteiger partial charge is 0.290 e. The van der Waals surface area contributed by atoms with Gasteiger partial charge >= 0.3 is 0 Å². The van der Waals surface area contributed by atoms with E-state index < -0.39 is 5.91 Å². The van der Waals surface area contributed by atoms with E-state index in [9.17, 15) is 19.2 Å². The van der Waals surface area contributed by atoms with Gasteiger partial charge in [-0.2, -0.15) is 5.10 Å². The van der Waals surface area contributed by atoms with Crippen molar-refractivity contribution in [3.05, 3.63) is 40.3 Å². The molecule has 2 N–H and O–H groups in total. The summed E-state index contributed by atoms with van der Waals surface area (Å²) in [7, 11) is 0. The van der Waals surface area contributed by atoms with Gasteiger partial charge in [0.05, 0.1) is 11.3 Å².